The van der Waals surface area contributed by atoms with Gasteiger partial charge in [0.05, 0.1) is 24.3 Å². The summed E-state index contributed by atoms with van der Waals surface area (Å²) in [5.74, 6) is -1.46. The van der Waals surface area contributed by atoms with E-state index < -0.39 is 23.8 Å². The summed E-state index contributed by atoms with van der Waals surface area (Å²) in [4.78, 5) is 25.6. The summed E-state index contributed by atoms with van der Waals surface area (Å²) in [7, 11) is 0. The number of halogens is 3. The number of benzene rings is 2. The van der Waals surface area contributed by atoms with Crippen molar-refractivity contribution in [2.75, 3.05) is 19.7 Å². The Balaban J connectivity index is 1.78. The van der Waals surface area contributed by atoms with Crippen molar-refractivity contribution >= 4 is 11.9 Å². The second-order valence-electron chi connectivity index (χ2n) is 6.62. The Hall–Kier alpha value is -2.87. The second kappa shape index (κ2) is 7.63. The van der Waals surface area contributed by atoms with Crippen LogP contribution in [0.25, 0.3) is 0 Å². The Morgan fingerprint density at radius 1 is 1.11 bits per heavy atom. The maximum Gasteiger partial charge on any atom is 0.416 e. The predicted molar refractivity (Wildman–Crippen MR) is 94.2 cm³/mol. The number of carbonyl (C=O) groups excluding carboxylic acids is 1. The zero-order valence-corrected chi connectivity index (χ0v) is 15.0. The van der Waals surface area contributed by atoms with Crippen molar-refractivity contribution in [3.05, 3.63) is 70.3 Å². The fourth-order valence-electron chi connectivity index (χ4n) is 3.13. The zero-order valence-electron chi connectivity index (χ0n) is 15.0. The topological polar surface area (TPSA) is 66.8 Å². The fraction of sp³-hybridized carbons (Fsp3) is 0.300. The molecule has 0 bridgehead atoms. The predicted octanol–water partition coefficient (Wildman–Crippen LogP) is 3.93. The first-order valence-corrected chi connectivity index (χ1v) is 8.58. The van der Waals surface area contributed by atoms with E-state index in [1.807, 2.05) is 0 Å². The van der Waals surface area contributed by atoms with Crippen molar-refractivity contribution in [2.24, 2.45) is 0 Å². The van der Waals surface area contributed by atoms with Gasteiger partial charge in [-0.1, -0.05) is 12.1 Å². The highest BCUT2D eigenvalue weighted by atomic mass is 19.4. The first kappa shape index (κ1) is 19.9. The van der Waals surface area contributed by atoms with Crippen LogP contribution in [0.3, 0.4) is 0 Å². The van der Waals surface area contributed by atoms with Crippen LogP contribution in [0.4, 0.5) is 13.2 Å². The first-order chi connectivity index (χ1) is 13.1. The first-order valence-electron chi connectivity index (χ1n) is 8.58. The molecule has 0 aliphatic carbocycles. The van der Waals surface area contributed by atoms with Gasteiger partial charge in [0.2, 0.25) is 0 Å². The SMILES string of the molecule is Cc1cc(C(=O)O)cc(C(=O)N2CCOC(c3ccc(C(F)(F)F)cc3)C2)c1. The zero-order chi connectivity index (χ0) is 20.5. The van der Waals surface area contributed by atoms with E-state index in [1.54, 1.807) is 13.0 Å². The number of carboxylic acid groups (broad SMARTS) is 1. The number of alkyl halides is 3. The molecule has 8 heteroatoms. The van der Waals surface area contributed by atoms with Crippen molar-refractivity contribution < 1.29 is 32.6 Å². The minimum atomic E-state index is -4.42. The molecule has 1 aliphatic rings. The van der Waals surface area contributed by atoms with Crippen LogP contribution in [-0.2, 0) is 10.9 Å². The molecule has 5 nitrogen and oxygen atoms in total. The quantitative estimate of drug-likeness (QED) is 0.858. The molecule has 1 aliphatic heterocycles. The molecule has 1 atom stereocenters. The highest BCUT2D eigenvalue weighted by molar-refractivity contribution is 5.97. The normalized spacial score (nSPS) is 17.4. The van der Waals surface area contributed by atoms with Crippen molar-refractivity contribution in [1.82, 2.24) is 4.90 Å². The Bertz CT molecular complexity index is 893. The van der Waals surface area contributed by atoms with Gasteiger partial charge in [-0.25, -0.2) is 4.79 Å². The molecule has 1 unspecified atom stereocenters. The van der Waals surface area contributed by atoms with Crippen molar-refractivity contribution in [3.63, 3.8) is 0 Å². The number of nitrogens with zero attached hydrogens (tertiary/aromatic N) is 1. The summed E-state index contributed by atoms with van der Waals surface area (Å²) in [5.41, 5.74) is 0.721. The van der Waals surface area contributed by atoms with Gasteiger partial charge in [0, 0.05) is 12.1 Å². The lowest BCUT2D eigenvalue weighted by Crippen LogP contribution is -2.42. The van der Waals surface area contributed by atoms with E-state index in [1.165, 1.54) is 29.2 Å². The molecular formula is C20H18F3NO4. The molecule has 0 saturated carbocycles. The highest BCUT2D eigenvalue weighted by Gasteiger charge is 2.31. The van der Waals surface area contributed by atoms with Crippen LogP contribution < -0.4 is 0 Å². The van der Waals surface area contributed by atoms with E-state index >= 15 is 0 Å². The number of carboxylic acids is 1. The monoisotopic (exact) mass is 393 g/mol. The van der Waals surface area contributed by atoms with Gasteiger partial charge in [-0.2, -0.15) is 13.2 Å². The largest absolute Gasteiger partial charge is 0.478 e. The minimum Gasteiger partial charge on any atom is -0.478 e. The Morgan fingerprint density at radius 3 is 2.36 bits per heavy atom. The molecule has 0 radical (unpaired) electrons. The van der Waals surface area contributed by atoms with Crippen LogP contribution in [0.1, 0.15) is 43.5 Å². The Labute approximate surface area is 159 Å². The lowest BCUT2D eigenvalue weighted by Gasteiger charge is -2.33. The maximum atomic E-state index is 12.8. The van der Waals surface area contributed by atoms with Crippen LogP contribution in [0, 0.1) is 6.92 Å². The lowest BCUT2D eigenvalue weighted by atomic mass is 10.0. The Kier molecular flexibility index (Phi) is 5.42. The molecule has 28 heavy (non-hydrogen) atoms. The van der Waals surface area contributed by atoms with Crippen molar-refractivity contribution in [3.8, 4) is 0 Å². The summed E-state index contributed by atoms with van der Waals surface area (Å²) in [6.45, 7) is 2.41. The average Bonchev–Trinajstić information content (AvgIpc) is 2.66. The molecule has 1 amide bonds. The highest BCUT2D eigenvalue weighted by Crippen LogP contribution is 2.31. The van der Waals surface area contributed by atoms with E-state index in [0.717, 1.165) is 12.1 Å². The van der Waals surface area contributed by atoms with E-state index in [0.29, 0.717) is 17.7 Å². The molecule has 0 spiro atoms. The van der Waals surface area contributed by atoms with Gasteiger partial charge < -0.3 is 14.7 Å². The van der Waals surface area contributed by atoms with Gasteiger partial charge in [-0.05, 0) is 48.4 Å². The van der Waals surface area contributed by atoms with Gasteiger partial charge in [0.15, 0.2) is 0 Å². The number of morpholine rings is 1. The molecule has 0 aromatic heterocycles. The van der Waals surface area contributed by atoms with E-state index in [-0.39, 0.29) is 30.2 Å². The van der Waals surface area contributed by atoms with Crippen LogP contribution in [0.15, 0.2) is 42.5 Å². The Morgan fingerprint density at radius 2 is 1.75 bits per heavy atom. The van der Waals surface area contributed by atoms with E-state index in [2.05, 4.69) is 0 Å². The molecule has 1 saturated heterocycles. The lowest BCUT2D eigenvalue weighted by molar-refractivity contribution is -0.137. The molecule has 1 fully saturated rings. The summed E-state index contributed by atoms with van der Waals surface area (Å²) in [6, 6.07) is 9.06. The molecule has 2 aromatic carbocycles. The van der Waals surface area contributed by atoms with Crippen LogP contribution >= 0.6 is 0 Å². The molecule has 2 aromatic rings. The van der Waals surface area contributed by atoms with Crippen molar-refractivity contribution in [2.45, 2.75) is 19.2 Å². The molecule has 3 rings (SSSR count). The van der Waals surface area contributed by atoms with Gasteiger partial charge in [0.1, 0.15) is 6.10 Å². The summed E-state index contributed by atoms with van der Waals surface area (Å²) >= 11 is 0. The average molecular weight is 393 g/mol. The van der Waals surface area contributed by atoms with E-state index in [9.17, 15) is 27.9 Å². The number of aromatic carboxylic acids is 1. The summed E-state index contributed by atoms with van der Waals surface area (Å²) in [6.07, 6.45) is -4.97. The van der Waals surface area contributed by atoms with Crippen LogP contribution in [0.2, 0.25) is 0 Å². The number of aryl methyl sites for hydroxylation is 1. The number of rotatable bonds is 3. The number of hydrogen-bond donors (Lipinski definition) is 1. The fourth-order valence-corrected chi connectivity index (χ4v) is 3.13. The van der Waals surface area contributed by atoms with Gasteiger partial charge in [-0.15, -0.1) is 0 Å². The van der Waals surface area contributed by atoms with Gasteiger partial charge in [0.25, 0.3) is 5.91 Å². The molecule has 1 heterocycles. The summed E-state index contributed by atoms with van der Waals surface area (Å²) < 4.78 is 43.8. The molecule has 1 N–H and O–H groups in total. The number of amides is 1. The van der Waals surface area contributed by atoms with Crippen molar-refractivity contribution in [1.29, 1.82) is 0 Å². The second-order valence-corrected chi connectivity index (χ2v) is 6.62. The number of carbonyl (C=O) groups is 2. The third-order valence-electron chi connectivity index (χ3n) is 4.53. The maximum absolute atomic E-state index is 12.8. The standard InChI is InChI=1S/C20H18F3NO4/c1-12-8-14(10-15(9-12)19(26)27)18(25)24-6-7-28-17(11-24)13-2-4-16(5-3-13)20(21,22)23/h2-5,8-10,17H,6-7,11H2,1H3,(H,26,27). The third kappa shape index (κ3) is 4.33. The summed E-state index contributed by atoms with van der Waals surface area (Å²) in [5, 5.41) is 9.17. The van der Waals surface area contributed by atoms with E-state index in [4.69, 9.17) is 4.74 Å². The van der Waals surface area contributed by atoms with Gasteiger partial charge >= 0.3 is 12.1 Å². The third-order valence-corrected chi connectivity index (χ3v) is 4.53. The number of ether oxygens (including phenoxy) is 1. The van der Waals surface area contributed by atoms with Crippen LogP contribution in [-0.4, -0.2) is 41.6 Å². The number of hydrogen-bond acceptors (Lipinski definition) is 3. The molecular weight excluding hydrogens is 375 g/mol. The van der Waals surface area contributed by atoms with Crippen LogP contribution in [0.5, 0.6) is 0 Å². The van der Waals surface area contributed by atoms with Gasteiger partial charge in [-0.3, -0.25) is 4.79 Å². The molecule has 148 valence electrons. The minimum absolute atomic E-state index is 0.0240. The smallest absolute Gasteiger partial charge is 0.416 e.